The zero-order chi connectivity index (χ0) is 18.3. The molecular weight excluding hydrogens is 333 g/mol. The minimum absolute atomic E-state index is 0.207. The summed E-state index contributed by atoms with van der Waals surface area (Å²) in [5.74, 6) is 1.26. The maximum atomic E-state index is 12.2. The smallest absolute Gasteiger partial charge is 0.356 e. The molecule has 140 valence electrons. The molecule has 0 saturated carbocycles. The van der Waals surface area contributed by atoms with Gasteiger partial charge in [-0.1, -0.05) is 6.07 Å². The zero-order valence-electron chi connectivity index (χ0n) is 14.6. The van der Waals surface area contributed by atoms with Gasteiger partial charge in [0.25, 0.3) is 0 Å². The highest BCUT2D eigenvalue weighted by Gasteiger charge is 2.26. The van der Waals surface area contributed by atoms with E-state index < -0.39 is 12.6 Å². The Morgan fingerprint density at radius 2 is 1.96 bits per heavy atom. The van der Waals surface area contributed by atoms with Gasteiger partial charge in [0.15, 0.2) is 5.96 Å². The number of aromatic nitrogens is 1. The summed E-state index contributed by atoms with van der Waals surface area (Å²) in [7, 11) is 3.63. The van der Waals surface area contributed by atoms with Crippen LogP contribution in [0.5, 0.6) is 0 Å². The molecule has 1 aromatic heterocycles. The molecule has 0 aromatic carbocycles. The number of halogens is 3. The first-order chi connectivity index (χ1) is 11.9. The maximum Gasteiger partial charge on any atom is 0.390 e. The van der Waals surface area contributed by atoms with Crippen LogP contribution in [0.25, 0.3) is 0 Å². The van der Waals surface area contributed by atoms with Crippen molar-refractivity contribution in [2.75, 3.05) is 51.7 Å². The number of nitrogens with zero attached hydrogens (tertiary/aromatic N) is 4. The molecule has 0 bridgehead atoms. The standard InChI is InChI=1S/C16H25F3N6/c1-20-15(22-7-5-16(17,18)19)23-12-13-4-3-6-21-14(13)25-10-8-24(2)9-11-25/h3-4,6H,5,7-12H2,1-2H3,(H2,20,22,23). The number of aliphatic imine (C=N–C) groups is 1. The third-order valence-electron chi connectivity index (χ3n) is 4.04. The Balaban J connectivity index is 1.91. The monoisotopic (exact) mass is 358 g/mol. The molecule has 6 nitrogen and oxygen atoms in total. The Hall–Kier alpha value is -2.03. The predicted molar refractivity (Wildman–Crippen MR) is 92.8 cm³/mol. The van der Waals surface area contributed by atoms with Gasteiger partial charge in [-0.15, -0.1) is 0 Å². The maximum absolute atomic E-state index is 12.2. The van der Waals surface area contributed by atoms with Gasteiger partial charge in [-0.25, -0.2) is 4.98 Å². The fourth-order valence-electron chi connectivity index (χ4n) is 2.59. The SMILES string of the molecule is CN=C(NCCC(F)(F)F)NCc1cccnc1N1CCN(C)CC1. The van der Waals surface area contributed by atoms with E-state index in [0.717, 1.165) is 37.6 Å². The number of guanidine groups is 1. The Labute approximate surface area is 146 Å². The summed E-state index contributed by atoms with van der Waals surface area (Å²) in [6.45, 7) is 4.00. The molecule has 0 unspecified atom stereocenters. The summed E-state index contributed by atoms with van der Waals surface area (Å²) in [6, 6.07) is 3.83. The highest BCUT2D eigenvalue weighted by Crippen LogP contribution is 2.19. The van der Waals surface area contributed by atoms with Crippen molar-refractivity contribution in [2.45, 2.75) is 19.1 Å². The summed E-state index contributed by atoms with van der Waals surface area (Å²) in [5, 5.41) is 5.73. The number of alkyl halides is 3. The van der Waals surface area contributed by atoms with Gasteiger partial charge in [0.2, 0.25) is 0 Å². The number of rotatable bonds is 5. The number of piperazine rings is 1. The summed E-state index contributed by atoms with van der Waals surface area (Å²) >= 11 is 0. The van der Waals surface area contributed by atoms with Crippen LogP contribution in [0.3, 0.4) is 0 Å². The lowest BCUT2D eigenvalue weighted by Crippen LogP contribution is -2.45. The molecule has 1 aliphatic rings. The van der Waals surface area contributed by atoms with Crippen LogP contribution in [-0.4, -0.2) is 68.8 Å². The molecule has 2 N–H and O–H groups in total. The summed E-state index contributed by atoms with van der Waals surface area (Å²) < 4.78 is 36.7. The summed E-state index contributed by atoms with van der Waals surface area (Å²) in [6.07, 6.45) is -3.31. The van der Waals surface area contributed by atoms with Gasteiger partial charge in [0.05, 0.1) is 6.42 Å². The molecule has 1 saturated heterocycles. The number of pyridine rings is 1. The van der Waals surface area contributed by atoms with Crippen LogP contribution in [-0.2, 0) is 6.54 Å². The van der Waals surface area contributed by atoms with Crippen molar-refractivity contribution >= 4 is 11.8 Å². The predicted octanol–water partition coefficient (Wildman–Crippen LogP) is 1.45. The Morgan fingerprint density at radius 3 is 2.60 bits per heavy atom. The quantitative estimate of drug-likeness (QED) is 0.616. The highest BCUT2D eigenvalue weighted by atomic mass is 19.4. The summed E-state index contributed by atoms with van der Waals surface area (Å²) in [4.78, 5) is 12.9. The molecule has 0 aliphatic carbocycles. The van der Waals surface area contributed by atoms with Crippen molar-refractivity contribution < 1.29 is 13.2 Å². The van der Waals surface area contributed by atoms with E-state index in [4.69, 9.17) is 0 Å². The van der Waals surface area contributed by atoms with Crippen molar-refractivity contribution in [3.8, 4) is 0 Å². The second kappa shape index (κ2) is 8.89. The van der Waals surface area contributed by atoms with E-state index in [2.05, 4.69) is 37.5 Å². The molecule has 0 amide bonds. The second-order valence-corrected chi connectivity index (χ2v) is 5.99. The van der Waals surface area contributed by atoms with Crippen molar-refractivity contribution in [3.63, 3.8) is 0 Å². The number of anilines is 1. The van der Waals surface area contributed by atoms with Crippen molar-refractivity contribution in [3.05, 3.63) is 23.9 Å². The minimum Gasteiger partial charge on any atom is -0.356 e. The largest absolute Gasteiger partial charge is 0.390 e. The third kappa shape index (κ3) is 6.41. The van der Waals surface area contributed by atoms with E-state index in [1.165, 1.54) is 7.05 Å². The van der Waals surface area contributed by atoms with Crippen LogP contribution in [0.15, 0.2) is 23.3 Å². The highest BCUT2D eigenvalue weighted by molar-refractivity contribution is 5.79. The molecule has 2 rings (SSSR count). The fraction of sp³-hybridized carbons (Fsp3) is 0.625. The number of hydrogen-bond donors (Lipinski definition) is 2. The van der Waals surface area contributed by atoms with Crippen LogP contribution in [0.1, 0.15) is 12.0 Å². The molecule has 1 aliphatic heterocycles. The van der Waals surface area contributed by atoms with Crippen molar-refractivity contribution in [1.29, 1.82) is 0 Å². The lowest BCUT2D eigenvalue weighted by molar-refractivity contribution is -0.132. The molecule has 1 aromatic rings. The van der Waals surface area contributed by atoms with E-state index in [-0.39, 0.29) is 6.54 Å². The fourth-order valence-corrected chi connectivity index (χ4v) is 2.59. The van der Waals surface area contributed by atoms with Gasteiger partial charge in [-0.2, -0.15) is 13.2 Å². The number of likely N-dealkylation sites (N-methyl/N-ethyl adjacent to an activating group) is 1. The molecule has 0 spiro atoms. The number of nitrogens with one attached hydrogen (secondary N) is 2. The van der Waals surface area contributed by atoms with Gasteiger partial charge in [0, 0.05) is 58.1 Å². The average molecular weight is 358 g/mol. The molecule has 0 atom stereocenters. The van der Waals surface area contributed by atoms with E-state index in [9.17, 15) is 13.2 Å². The molecule has 9 heteroatoms. The molecule has 1 fully saturated rings. The van der Waals surface area contributed by atoms with E-state index in [1.807, 2.05) is 12.1 Å². The van der Waals surface area contributed by atoms with E-state index in [1.54, 1.807) is 6.20 Å². The Kier molecular flexibility index (Phi) is 6.86. The first-order valence-corrected chi connectivity index (χ1v) is 8.27. The minimum atomic E-state index is -4.18. The Morgan fingerprint density at radius 1 is 1.24 bits per heavy atom. The lowest BCUT2D eigenvalue weighted by atomic mass is 10.2. The van der Waals surface area contributed by atoms with Crippen LogP contribution in [0, 0.1) is 0 Å². The van der Waals surface area contributed by atoms with E-state index in [0.29, 0.717) is 12.5 Å². The molecule has 25 heavy (non-hydrogen) atoms. The normalized spacial score (nSPS) is 16.8. The van der Waals surface area contributed by atoms with Crippen molar-refractivity contribution in [2.24, 2.45) is 4.99 Å². The van der Waals surface area contributed by atoms with Crippen LogP contribution in [0.2, 0.25) is 0 Å². The van der Waals surface area contributed by atoms with Gasteiger partial charge in [0.1, 0.15) is 5.82 Å². The van der Waals surface area contributed by atoms with Gasteiger partial charge in [-0.05, 0) is 13.1 Å². The third-order valence-corrected chi connectivity index (χ3v) is 4.04. The summed E-state index contributed by atoms with van der Waals surface area (Å²) in [5.41, 5.74) is 0.992. The molecular formula is C16H25F3N6. The van der Waals surface area contributed by atoms with Crippen molar-refractivity contribution in [1.82, 2.24) is 20.5 Å². The first kappa shape index (κ1) is 19.3. The first-order valence-electron chi connectivity index (χ1n) is 8.27. The molecule has 2 heterocycles. The zero-order valence-corrected chi connectivity index (χ0v) is 14.6. The lowest BCUT2D eigenvalue weighted by Gasteiger charge is -2.34. The van der Waals surface area contributed by atoms with Crippen LogP contribution >= 0.6 is 0 Å². The number of hydrogen-bond acceptors (Lipinski definition) is 4. The van der Waals surface area contributed by atoms with Gasteiger partial charge < -0.3 is 20.4 Å². The van der Waals surface area contributed by atoms with Gasteiger partial charge >= 0.3 is 6.18 Å². The van der Waals surface area contributed by atoms with Gasteiger partial charge in [-0.3, -0.25) is 4.99 Å². The van der Waals surface area contributed by atoms with Crippen LogP contribution in [0.4, 0.5) is 19.0 Å². The van der Waals surface area contributed by atoms with Crippen LogP contribution < -0.4 is 15.5 Å². The Bertz CT molecular complexity index is 567. The topological polar surface area (TPSA) is 55.8 Å². The average Bonchev–Trinajstić information content (AvgIpc) is 2.58. The second-order valence-electron chi connectivity index (χ2n) is 5.99. The van der Waals surface area contributed by atoms with E-state index >= 15 is 0 Å². The molecule has 0 radical (unpaired) electrons.